The Balaban J connectivity index is 1.59. The van der Waals surface area contributed by atoms with Crippen LogP contribution in [0.4, 0.5) is 8.78 Å². The Kier molecular flexibility index (Phi) is 8.82. The summed E-state index contributed by atoms with van der Waals surface area (Å²) in [7, 11) is 0. The number of carbonyl (C=O) groups is 2. The topological polar surface area (TPSA) is 40.6 Å². The van der Waals surface area contributed by atoms with Crippen molar-refractivity contribution in [2.75, 3.05) is 13.1 Å². The molecule has 0 unspecified atom stereocenters. The van der Waals surface area contributed by atoms with Gasteiger partial charge in [0.05, 0.1) is 13.1 Å². The van der Waals surface area contributed by atoms with Crippen molar-refractivity contribution >= 4 is 11.8 Å². The van der Waals surface area contributed by atoms with Crippen LogP contribution >= 0.6 is 0 Å². The van der Waals surface area contributed by atoms with Crippen LogP contribution in [0.5, 0.6) is 0 Å². The summed E-state index contributed by atoms with van der Waals surface area (Å²) in [6.45, 7) is 0.969. The van der Waals surface area contributed by atoms with Gasteiger partial charge >= 0.3 is 0 Å². The van der Waals surface area contributed by atoms with E-state index in [9.17, 15) is 18.4 Å². The molecule has 0 N–H and O–H groups in total. The maximum absolute atomic E-state index is 13.2. The van der Waals surface area contributed by atoms with Crippen molar-refractivity contribution < 1.29 is 18.4 Å². The molecule has 1 saturated carbocycles. The van der Waals surface area contributed by atoms with E-state index in [4.69, 9.17) is 12.8 Å². The number of benzene rings is 2. The van der Waals surface area contributed by atoms with Crippen LogP contribution in [0.1, 0.15) is 36.8 Å². The normalized spacial score (nSPS) is 17.3. The second-order valence-corrected chi connectivity index (χ2v) is 8.60. The monoisotopic (exact) mass is 462 g/mol. The van der Waals surface area contributed by atoms with E-state index in [0.717, 1.165) is 11.1 Å². The molecule has 2 aromatic carbocycles. The maximum Gasteiger partial charge on any atom is 0.226 e. The number of nitrogens with zero attached hydrogens (tertiary/aromatic N) is 2. The Hall–Kier alpha value is -3.64. The molecule has 2 amide bonds. The van der Waals surface area contributed by atoms with Gasteiger partial charge in [-0.05, 0) is 61.1 Å². The van der Waals surface area contributed by atoms with Gasteiger partial charge in [0.1, 0.15) is 11.6 Å². The molecule has 176 valence electrons. The first-order valence-corrected chi connectivity index (χ1v) is 11.3. The number of terminal acetylenes is 2. The first-order chi connectivity index (χ1) is 16.4. The third-order valence-electron chi connectivity index (χ3n) is 6.19. The highest BCUT2D eigenvalue weighted by molar-refractivity contribution is 5.81. The molecule has 4 nitrogen and oxygen atoms in total. The lowest BCUT2D eigenvalue weighted by atomic mass is 9.80. The molecule has 0 aromatic heterocycles. The quantitative estimate of drug-likeness (QED) is 0.546. The van der Waals surface area contributed by atoms with Crippen LogP contribution in [-0.4, -0.2) is 34.7 Å². The van der Waals surface area contributed by atoms with E-state index in [0.29, 0.717) is 38.8 Å². The van der Waals surface area contributed by atoms with Gasteiger partial charge in [0.15, 0.2) is 0 Å². The summed E-state index contributed by atoms with van der Waals surface area (Å²) in [4.78, 5) is 29.5. The molecule has 0 heterocycles. The first kappa shape index (κ1) is 25.0. The number of hydrogen-bond acceptors (Lipinski definition) is 2. The number of halogens is 2. The van der Waals surface area contributed by atoms with Crippen LogP contribution in [0.25, 0.3) is 0 Å². The van der Waals surface area contributed by atoms with E-state index in [-0.39, 0.29) is 48.4 Å². The Labute approximate surface area is 199 Å². The Morgan fingerprint density at radius 3 is 1.32 bits per heavy atom. The zero-order chi connectivity index (χ0) is 24.5. The van der Waals surface area contributed by atoms with Crippen LogP contribution in [-0.2, 0) is 22.7 Å². The molecular weight excluding hydrogens is 434 g/mol. The lowest BCUT2D eigenvalue weighted by Gasteiger charge is -2.33. The summed E-state index contributed by atoms with van der Waals surface area (Å²) in [6, 6.07) is 12.0. The van der Waals surface area contributed by atoms with Crippen molar-refractivity contribution in [3.8, 4) is 24.7 Å². The van der Waals surface area contributed by atoms with Crippen LogP contribution in [0.3, 0.4) is 0 Å². The van der Waals surface area contributed by atoms with Crippen molar-refractivity contribution in [2.24, 2.45) is 11.8 Å². The van der Waals surface area contributed by atoms with Crippen molar-refractivity contribution in [2.45, 2.75) is 38.8 Å². The van der Waals surface area contributed by atoms with E-state index in [1.807, 2.05) is 0 Å². The van der Waals surface area contributed by atoms with Crippen molar-refractivity contribution in [3.05, 3.63) is 71.3 Å². The van der Waals surface area contributed by atoms with E-state index in [1.54, 1.807) is 34.1 Å². The molecule has 0 bridgehead atoms. The summed E-state index contributed by atoms with van der Waals surface area (Å²) < 4.78 is 26.4. The summed E-state index contributed by atoms with van der Waals surface area (Å²) in [6.07, 6.45) is 13.3. The molecule has 34 heavy (non-hydrogen) atoms. The minimum absolute atomic E-state index is 0.0417. The SMILES string of the molecule is C#CCN(Cc1ccc(F)cc1)C(=O)C1CCC(C(=O)N(CC#C)Cc2ccc(F)cc2)CC1. The number of rotatable bonds is 8. The molecule has 1 aliphatic rings. The van der Waals surface area contributed by atoms with E-state index in [1.165, 1.54) is 24.3 Å². The maximum atomic E-state index is 13.2. The summed E-state index contributed by atoms with van der Waals surface area (Å²) in [5.41, 5.74) is 1.61. The van der Waals surface area contributed by atoms with Gasteiger partial charge in [0, 0.05) is 24.9 Å². The summed E-state index contributed by atoms with van der Waals surface area (Å²) in [5.74, 6) is 3.89. The smallest absolute Gasteiger partial charge is 0.226 e. The molecular formula is C28H28F2N2O2. The third-order valence-corrected chi connectivity index (χ3v) is 6.19. The highest BCUT2D eigenvalue weighted by Gasteiger charge is 2.33. The molecule has 0 aliphatic heterocycles. The predicted octanol–water partition coefficient (Wildman–Crippen LogP) is 4.40. The molecule has 0 atom stereocenters. The molecule has 0 radical (unpaired) electrons. The Morgan fingerprint density at radius 2 is 1.03 bits per heavy atom. The molecule has 2 aromatic rings. The van der Waals surface area contributed by atoms with E-state index in [2.05, 4.69) is 11.8 Å². The van der Waals surface area contributed by atoms with Crippen LogP contribution in [0.15, 0.2) is 48.5 Å². The Morgan fingerprint density at radius 1 is 0.706 bits per heavy atom. The van der Waals surface area contributed by atoms with Gasteiger partial charge in [0.25, 0.3) is 0 Å². The fourth-order valence-corrected chi connectivity index (χ4v) is 4.37. The highest BCUT2D eigenvalue weighted by atomic mass is 19.1. The molecule has 1 fully saturated rings. The number of hydrogen-bond donors (Lipinski definition) is 0. The van der Waals surface area contributed by atoms with Gasteiger partial charge < -0.3 is 9.80 Å². The number of carbonyl (C=O) groups excluding carboxylic acids is 2. The molecule has 3 rings (SSSR count). The van der Waals surface area contributed by atoms with E-state index >= 15 is 0 Å². The predicted molar refractivity (Wildman–Crippen MR) is 127 cm³/mol. The van der Waals surface area contributed by atoms with Crippen LogP contribution in [0, 0.1) is 48.2 Å². The molecule has 6 heteroatoms. The second-order valence-electron chi connectivity index (χ2n) is 8.60. The van der Waals surface area contributed by atoms with Gasteiger partial charge in [-0.1, -0.05) is 36.1 Å². The standard InChI is InChI=1S/C28H28F2N2O2/c1-3-17-31(19-21-5-13-25(29)14-6-21)27(33)23-9-11-24(12-10-23)28(34)32(18-4-2)20-22-7-15-26(30)16-8-22/h1-2,5-8,13-16,23-24H,9-12,17-20H2. The van der Waals surface area contributed by atoms with Gasteiger partial charge in [-0.15, -0.1) is 12.8 Å². The molecule has 0 spiro atoms. The van der Waals surface area contributed by atoms with Crippen molar-refractivity contribution in [1.82, 2.24) is 9.80 Å². The summed E-state index contributed by atoms with van der Waals surface area (Å²) in [5, 5.41) is 0. The van der Waals surface area contributed by atoms with Gasteiger partial charge in [-0.3, -0.25) is 9.59 Å². The minimum atomic E-state index is -0.333. The second kappa shape index (κ2) is 12.0. The van der Waals surface area contributed by atoms with Crippen molar-refractivity contribution in [3.63, 3.8) is 0 Å². The first-order valence-electron chi connectivity index (χ1n) is 11.3. The minimum Gasteiger partial charge on any atom is -0.327 e. The fraction of sp³-hybridized carbons (Fsp3) is 0.357. The van der Waals surface area contributed by atoms with Crippen molar-refractivity contribution in [1.29, 1.82) is 0 Å². The Bertz CT molecular complexity index is 972. The van der Waals surface area contributed by atoms with Crippen LogP contribution < -0.4 is 0 Å². The third kappa shape index (κ3) is 6.68. The zero-order valence-corrected chi connectivity index (χ0v) is 19.1. The van der Waals surface area contributed by atoms with Gasteiger partial charge in [-0.25, -0.2) is 8.78 Å². The lowest BCUT2D eigenvalue weighted by molar-refractivity contribution is -0.141. The molecule has 0 saturated heterocycles. The van der Waals surface area contributed by atoms with Gasteiger partial charge in [0.2, 0.25) is 11.8 Å². The average Bonchev–Trinajstić information content (AvgIpc) is 2.85. The molecule has 1 aliphatic carbocycles. The lowest BCUT2D eigenvalue weighted by Crippen LogP contribution is -2.41. The zero-order valence-electron chi connectivity index (χ0n) is 19.1. The van der Waals surface area contributed by atoms with Crippen LogP contribution in [0.2, 0.25) is 0 Å². The van der Waals surface area contributed by atoms with Gasteiger partial charge in [-0.2, -0.15) is 0 Å². The summed E-state index contributed by atoms with van der Waals surface area (Å²) >= 11 is 0. The van der Waals surface area contributed by atoms with E-state index < -0.39 is 0 Å². The fourth-order valence-electron chi connectivity index (χ4n) is 4.37. The highest BCUT2D eigenvalue weighted by Crippen LogP contribution is 2.32. The number of amides is 2. The average molecular weight is 463 g/mol. The largest absolute Gasteiger partial charge is 0.327 e.